The molecule has 3 N–H and O–H groups in total. The third-order valence-electron chi connectivity index (χ3n) is 5.04. The van der Waals surface area contributed by atoms with Crippen molar-refractivity contribution >= 4 is 11.9 Å². The maximum Gasteiger partial charge on any atom is 0.310 e. The smallest absolute Gasteiger partial charge is 0.310 e. The van der Waals surface area contributed by atoms with Gasteiger partial charge < -0.3 is 15.6 Å². The average Bonchev–Trinajstić information content (AvgIpc) is 2.88. The van der Waals surface area contributed by atoms with Crippen LogP contribution in [0.3, 0.4) is 0 Å². The number of rotatable bonds is 2. The molecule has 0 aromatic heterocycles. The van der Waals surface area contributed by atoms with Gasteiger partial charge in [-0.3, -0.25) is 9.59 Å². The molecule has 0 aromatic carbocycles. The molecule has 2 rings (SSSR count). The Balaban J connectivity index is 0.00000106. The van der Waals surface area contributed by atoms with Crippen LogP contribution < -0.4 is 5.73 Å². The number of aliphatic hydroxyl groups is 1. The van der Waals surface area contributed by atoms with E-state index in [9.17, 15) is 9.59 Å². The Kier molecular flexibility index (Phi) is 5.42. The number of hydrogen-bond donors (Lipinski definition) is 2. The lowest BCUT2D eigenvalue weighted by atomic mass is 9.69. The molecular weight excluding hydrogens is 270 g/mol. The number of nitrogens with two attached hydrogens (primary N) is 1. The zero-order valence-corrected chi connectivity index (χ0v) is 13.9. The summed E-state index contributed by atoms with van der Waals surface area (Å²) >= 11 is 0. The molecule has 21 heavy (non-hydrogen) atoms. The summed E-state index contributed by atoms with van der Waals surface area (Å²) < 4.78 is 5.49. The Morgan fingerprint density at radius 2 is 1.48 bits per heavy atom. The van der Waals surface area contributed by atoms with E-state index in [4.69, 9.17) is 15.6 Å². The monoisotopic (exact) mass is 299 g/mol. The van der Waals surface area contributed by atoms with E-state index in [1.165, 1.54) is 0 Å². The Morgan fingerprint density at radius 3 is 1.86 bits per heavy atom. The van der Waals surface area contributed by atoms with Gasteiger partial charge in [0.15, 0.2) is 0 Å². The van der Waals surface area contributed by atoms with E-state index in [-0.39, 0.29) is 35.5 Å². The molecule has 0 heterocycles. The third kappa shape index (κ3) is 3.39. The fourth-order valence-electron chi connectivity index (χ4n) is 4.08. The Hall–Kier alpha value is -1.10. The second kappa shape index (κ2) is 6.34. The summed E-state index contributed by atoms with van der Waals surface area (Å²) in [5.74, 6) is 0.130. The number of esters is 1. The fourth-order valence-corrected chi connectivity index (χ4v) is 4.08. The van der Waals surface area contributed by atoms with Crippen LogP contribution >= 0.6 is 0 Å². The quantitative estimate of drug-likeness (QED) is 0.757. The van der Waals surface area contributed by atoms with Crippen molar-refractivity contribution in [2.45, 2.75) is 46.6 Å². The Labute approximate surface area is 127 Å². The van der Waals surface area contributed by atoms with E-state index < -0.39 is 5.60 Å². The van der Waals surface area contributed by atoms with Gasteiger partial charge in [0, 0.05) is 7.11 Å². The minimum absolute atomic E-state index is 0.243. The van der Waals surface area contributed by atoms with Gasteiger partial charge in [-0.2, -0.15) is 0 Å². The van der Waals surface area contributed by atoms with Gasteiger partial charge in [0.1, 0.15) is 5.60 Å². The van der Waals surface area contributed by atoms with Crippen molar-refractivity contribution in [3.63, 3.8) is 0 Å². The average molecular weight is 299 g/mol. The zero-order chi connectivity index (χ0) is 16.5. The maximum atomic E-state index is 12.4. The first-order valence-corrected chi connectivity index (χ1v) is 7.60. The maximum absolute atomic E-state index is 12.4. The summed E-state index contributed by atoms with van der Waals surface area (Å²) in [5, 5.41) is 7.00. The Bertz CT molecular complexity index is 402. The van der Waals surface area contributed by atoms with Crippen LogP contribution in [0.4, 0.5) is 0 Å². The first-order valence-electron chi connectivity index (χ1n) is 7.60. The number of carbonyl (C=O) groups excluding carboxylic acids is 2. The minimum Gasteiger partial charge on any atom is -0.460 e. The lowest BCUT2D eigenvalue weighted by Crippen LogP contribution is -2.45. The molecule has 0 radical (unpaired) electrons. The summed E-state index contributed by atoms with van der Waals surface area (Å²) in [7, 11) is 1.00. The van der Waals surface area contributed by atoms with Crippen molar-refractivity contribution < 1.29 is 19.4 Å². The highest BCUT2D eigenvalue weighted by molar-refractivity contribution is 5.86. The Morgan fingerprint density at radius 1 is 1.05 bits per heavy atom. The SMILES string of the molecule is CC1C(C)C2CC1C(C(N)=O)C2C(=O)OC(C)(C)C.CO. The van der Waals surface area contributed by atoms with Crippen LogP contribution in [0.2, 0.25) is 0 Å². The fraction of sp³-hybridized carbons (Fsp3) is 0.875. The van der Waals surface area contributed by atoms with Crippen LogP contribution in [0, 0.1) is 35.5 Å². The summed E-state index contributed by atoms with van der Waals surface area (Å²) in [5.41, 5.74) is 5.02. The first kappa shape index (κ1) is 18.0. The second-order valence-electron chi connectivity index (χ2n) is 7.27. The highest BCUT2D eigenvalue weighted by Gasteiger charge is 2.60. The van der Waals surface area contributed by atoms with Crippen LogP contribution in [0.5, 0.6) is 0 Å². The molecule has 2 bridgehead atoms. The van der Waals surface area contributed by atoms with Crippen molar-refractivity contribution in [2.24, 2.45) is 41.2 Å². The van der Waals surface area contributed by atoms with Gasteiger partial charge in [0.25, 0.3) is 0 Å². The van der Waals surface area contributed by atoms with Gasteiger partial charge >= 0.3 is 5.97 Å². The van der Waals surface area contributed by atoms with Crippen LogP contribution in [0.25, 0.3) is 0 Å². The first-order chi connectivity index (χ1) is 9.63. The molecular formula is C16H29NO4. The third-order valence-corrected chi connectivity index (χ3v) is 5.04. The number of fused-ring (bicyclic) bond motifs is 2. The number of ether oxygens (including phenoxy) is 1. The summed E-state index contributed by atoms with van der Waals surface area (Å²) in [6, 6.07) is 0. The van der Waals surface area contributed by atoms with Crippen LogP contribution in [-0.2, 0) is 14.3 Å². The largest absolute Gasteiger partial charge is 0.460 e. The van der Waals surface area contributed by atoms with Crippen molar-refractivity contribution in [3.8, 4) is 0 Å². The van der Waals surface area contributed by atoms with Gasteiger partial charge in [-0.05, 0) is 50.9 Å². The van der Waals surface area contributed by atoms with Gasteiger partial charge in [0.05, 0.1) is 11.8 Å². The van der Waals surface area contributed by atoms with E-state index in [1.807, 2.05) is 20.8 Å². The van der Waals surface area contributed by atoms with E-state index in [1.54, 1.807) is 0 Å². The molecule has 5 heteroatoms. The second-order valence-corrected chi connectivity index (χ2v) is 7.27. The van der Waals surface area contributed by atoms with Crippen molar-refractivity contribution in [2.75, 3.05) is 7.11 Å². The molecule has 2 saturated carbocycles. The highest BCUT2D eigenvalue weighted by atomic mass is 16.6. The molecule has 6 atom stereocenters. The van der Waals surface area contributed by atoms with Crippen LogP contribution in [-0.4, -0.2) is 29.7 Å². The molecule has 0 aliphatic heterocycles. The number of primary amides is 1. The van der Waals surface area contributed by atoms with E-state index in [2.05, 4.69) is 13.8 Å². The molecule has 0 spiro atoms. The molecule has 0 aromatic rings. The molecule has 2 fully saturated rings. The minimum atomic E-state index is -0.518. The van der Waals surface area contributed by atoms with Gasteiger partial charge in [0.2, 0.25) is 5.91 Å². The predicted molar refractivity (Wildman–Crippen MR) is 80.1 cm³/mol. The summed E-state index contributed by atoms with van der Waals surface area (Å²) in [6.07, 6.45) is 0.930. The molecule has 6 unspecified atom stereocenters. The number of hydrogen-bond acceptors (Lipinski definition) is 4. The van der Waals surface area contributed by atoms with E-state index in [0.29, 0.717) is 11.8 Å². The van der Waals surface area contributed by atoms with Gasteiger partial charge in [-0.1, -0.05) is 13.8 Å². The summed E-state index contributed by atoms with van der Waals surface area (Å²) in [6.45, 7) is 9.89. The molecule has 2 aliphatic carbocycles. The van der Waals surface area contributed by atoms with Crippen LogP contribution in [0.15, 0.2) is 0 Å². The number of amides is 1. The molecule has 1 amide bonds. The summed E-state index contributed by atoms with van der Waals surface area (Å²) in [4.78, 5) is 24.1. The lowest BCUT2D eigenvalue weighted by molar-refractivity contribution is -0.167. The van der Waals surface area contributed by atoms with Crippen molar-refractivity contribution in [3.05, 3.63) is 0 Å². The zero-order valence-electron chi connectivity index (χ0n) is 13.9. The van der Waals surface area contributed by atoms with E-state index >= 15 is 0 Å². The van der Waals surface area contributed by atoms with E-state index in [0.717, 1.165) is 13.5 Å². The van der Waals surface area contributed by atoms with Gasteiger partial charge in [-0.15, -0.1) is 0 Å². The standard InChI is InChI=1S/C15H25NO3.CH4O/c1-7-8(2)10-6-9(7)11(13(16)17)12(10)14(18)19-15(3,4)5;1-2/h7-12H,6H2,1-5H3,(H2,16,17);2H,1H3. The van der Waals surface area contributed by atoms with Crippen molar-refractivity contribution in [1.29, 1.82) is 0 Å². The van der Waals surface area contributed by atoms with Crippen molar-refractivity contribution in [1.82, 2.24) is 0 Å². The normalized spacial score (nSPS) is 37.7. The molecule has 2 aliphatic rings. The molecule has 122 valence electrons. The number of aliphatic hydroxyl groups excluding tert-OH is 1. The predicted octanol–water partition coefficient (Wildman–Crippen LogP) is 1.58. The molecule has 0 saturated heterocycles. The number of carbonyl (C=O) groups is 2. The molecule has 5 nitrogen and oxygen atoms in total. The topological polar surface area (TPSA) is 89.6 Å². The lowest BCUT2D eigenvalue weighted by Gasteiger charge is -2.36. The van der Waals surface area contributed by atoms with Gasteiger partial charge in [-0.25, -0.2) is 0 Å². The van der Waals surface area contributed by atoms with Crippen LogP contribution in [0.1, 0.15) is 41.0 Å². The highest BCUT2D eigenvalue weighted by Crippen LogP contribution is 2.58.